The lowest BCUT2D eigenvalue weighted by Gasteiger charge is -2.18. The Kier molecular flexibility index (Phi) is 5.16. The van der Waals surface area contributed by atoms with E-state index in [1.165, 1.54) is 0 Å². The lowest BCUT2D eigenvalue weighted by molar-refractivity contribution is -0.141. The molecule has 1 saturated heterocycles. The summed E-state index contributed by atoms with van der Waals surface area (Å²) >= 11 is 0. The lowest BCUT2D eigenvalue weighted by atomic mass is 10.1. The van der Waals surface area contributed by atoms with Crippen molar-refractivity contribution in [1.29, 1.82) is 0 Å². The first-order chi connectivity index (χ1) is 10.1. The first-order valence-electron chi connectivity index (χ1n) is 6.86. The van der Waals surface area contributed by atoms with E-state index < -0.39 is 11.9 Å². The molecule has 1 aromatic rings. The van der Waals surface area contributed by atoms with Gasteiger partial charge in [-0.2, -0.15) is 0 Å². The number of hydrogen-bond donors (Lipinski definition) is 1. The van der Waals surface area contributed by atoms with Crippen molar-refractivity contribution in [3.05, 3.63) is 29.8 Å². The zero-order valence-electron chi connectivity index (χ0n) is 11.9. The number of rotatable bonds is 6. The van der Waals surface area contributed by atoms with E-state index >= 15 is 0 Å². The van der Waals surface area contributed by atoms with Crippen LogP contribution in [0.15, 0.2) is 24.3 Å². The Morgan fingerprint density at radius 3 is 2.76 bits per heavy atom. The molecule has 1 atom stereocenters. The van der Waals surface area contributed by atoms with E-state index in [9.17, 15) is 9.59 Å². The number of hydrogen-bond acceptors (Lipinski definition) is 4. The van der Waals surface area contributed by atoms with E-state index in [1.807, 2.05) is 0 Å². The van der Waals surface area contributed by atoms with Crippen LogP contribution < -0.4 is 4.74 Å². The largest absolute Gasteiger partial charge is 0.490 e. The quantitative estimate of drug-likeness (QED) is 0.799. The molecule has 114 valence electrons. The maximum Gasteiger partial charge on any atom is 0.308 e. The van der Waals surface area contributed by atoms with Crippen LogP contribution in [0.4, 0.5) is 0 Å². The molecule has 1 heterocycles. The first-order valence-corrected chi connectivity index (χ1v) is 6.86. The van der Waals surface area contributed by atoms with Gasteiger partial charge in [-0.15, -0.1) is 0 Å². The van der Waals surface area contributed by atoms with Gasteiger partial charge in [0.25, 0.3) is 5.91 Å². The number of methoxy groups -OCH3 is 1. The summed E-state index contributed by atoms with van der Waals surface area (Å²) in [6, 6.07) is 6.98. The minimum absolute atomic E-state index is 0.188. The highest BCUT2D eigenvalue weighted by Crippen LogP contribution is 2.24. The topological polar surface area (TPSA) is 76.1 Å². The molecule has 0 radical (unpaired) electrons. The number of carbonyl (C=O) groups excluding carboxylic acids is 1. The summed E-state index contributed by atoms with van der Waals surface area (Å²) in [5.41, 5.74) is 0.458. The van der Waals surface area contributed by atoms with Crippen molar-refractivity contribution in [2.75, 3.05) is 33.4 Å². The highest BCUT2D eigenvalue weighted by atomic mass is 16.5. The summed E-state index contributed by atoms with van der Waals surface area (Å²) in [5, 5.41) is 9.00. The van der Waals surface area contributed by atoms with E-state index in [-0.39, 0.29) is 12.5 Å². The van der Waals surface area contributed by atoms with Gasteiger partial charge in [0, 0.05) is 20.2 Å². The zero-order chi connectivity index (χ0) is 15.2. The standard InChI is InChI=1S/C15H19NO5/c1-20-8-9-21-13-5-3-2-4-12(13)14(17)16-7-6-11(10-16)15(18)19/h2-5,11H,6-10H2,1H3,(H,18,19)/t11-/m0/s1. The van der Waals surface area contributed by atoms with Crippen LogP contribution in [0.1, 0.15) is 16.8 Å². The molecule has 1 fully saturated rings. The summed E-state index contributed by atoms with van der Waals surface area (Å²) in [4.78, 5) is 25.0. The molecule has 0 bridgehead atoms. The average molecular weight is 293 g/mol. The number of nitrogens with zero attached hydrogens (tertiary/aromatic N) is 1. The van der Waals surface area contributed by atoms with Crippen LogP contribution in [0.2, 0.25) is 0 Å². The van der Waals surface area contributed by atoms with Gasteiger partial charge in [-0.25, -0.2) is 0 Å². The number of aliphatic carboxylic acids is 1. The van der Waals surface area contributed by atoms with Gasteiger partial charge >= 0.3 is 5.97 Å². The van der Waals surface area contributed by atoms with Gasteiger partial charge in [-0.3, -0.25) is 9.59 Å². The van der Waals surface area contributed by atoms with Crippen LogP contribution in [0, 0.1) is 5.92 Å². The van der Waals surface area contributed by atoms with E-state index in [2.05, 4.69) is 0 Å². The SMILES string of the molecule is COCCOc1ccccc1C(=O)N1CC[C@H](C(=O)O)C1. The number of carboxylic acids is 1. The Bertz CT molecular complexity index is 517. The molecule has 0 spiro atoms. The van der Waals surface area contributed by atoms with Crippen molar-refractivity contribution < 1.29 is 24.2 Å². The summed E-state index contributed by atoms with van der Waals surface area (Å²) in [6.07, 6.45) is 0.494. The fourth-order valence-corrected chi connectivity index (χ4v) is 2.32. The number of amides is 1. The summed E-state index contributed by atoms with van der Waals surface area (Å²) in [7, 11) is 1.58. The normalized spacial score (nSPS) is 17.8. The molecule has 0 saturated carbocycles. The molecule has 1 aromatic carbocycles. The fourth-order valence-electron chi connectivity index (χ4n) is 2.32. The van der Waals surface area contributed by atoms with E-state index in [0.29, 0.717) is 37.5 Å². The molecular formula is C15H19NO5. The zero-order valence-corrected chi connectivity index (χ0v) is 11.9. The molecule has 1 amide bonds. The monoisotopic (exact) mass is 293 g/mol. The first kappa shape index (κ1) is 15.3. The van der Waals surface area contributed by atoms with Crippen LogP contribution in [0.25, 0.3) is 0 Å². The Balaban J connectivity index is 2.07. The highest BCUT2D eigenvalue weighted by molar-refractivity contribution is 5.97. The van der Waals surface area contributed by atoms with Gasteiger partial charge in [0.05, 0.1) is 18.1 Å². The van der Waals surface area contributed by atoms with Crippen LogP contribution in [0.3, 0.4) is 0 Å². The maximum atomic E-state index is 12.5. The van der Waals surface area contributed by atoms with Crippen molar-refractivity contribution in [3.8, 4) is 5.75 Å². The molecule has 1 aliphatic heterocycles. The van der Waals surface area contributed by atoms with Crippen molar-refractivity contribution in [2.45, 2.75) is 6.42 Å². The van der Waals surface area contributed by atoms with Crippen LogP contribution in [-0.4, -0.2) is 55.3 Å². The van der Waals surface area contributed by atoms with Gasteiger partial charge in [0.2, 0.25) is 0 Å². The molecule has 1 N–H and O–H groups in total. The molecule has 6 heteroatoms. The van der Waals surface area contributed by atoms with E-state index in [0.717, 1.165) is 0 Å². The summed E-state index contributed by atoms with van der Waals surface area (Å²) in [6.45, 7) is 1.51. The third kappa shape index (κ3) is 3.72. The van der Waals surface area contributed by atoms with Gasteiger partial charge < -0.3 is 19.5 Å². The van der Waals surface area contributed by atoms with E-state index in [4.69, 9.17) is 14.6 Å². The van der Waals surface area contributed by atoms with Crippen molar-refractivity contribution in [1.82, 2.24) is 4.90 Å². The molecule has 0 unspecified atom stereocenters. The highest BCUT2D eigenvalue weighted by Gasteiger charge is 2.32. The van der Waals surface area contributed by atoms with Gasteiger partial charge in [0.15, 0.2) is 0 Å². The maximum absolute atomic E-state index is 12.5. The van der Waals surface area contributed by atoms with Gasteiger partial charge in [-0.05, 0) is 18.6 Å². The number of para-hydroxylation sites is 1. The second kappa shape index (κ2) is 7.08. The predicted molar refractivity (Wildman–Crippen MR) is 75.5 cm³/mol. The third-order valence-electron chi connectivity index (χ3n) is 3.49. The number of ether oxygens (including phenoxy) is 2. The smallest absolute Gasteiger partial charge is 0.308 e. The molecular weight excluding hydrogens is 274 g/mol. The second-order valence-corrected chi connectivity index (χ2v) is 4.91. The van der Waals surface area contributed by atoms with Gasteiger partial charge in [-0.1, -0.05) is 12.1 Å². The number of carboxylic acid groups (broad SMARTS) is 1. The number of likely N-dealkylation sites (tertiary alicyclic amines) is 1. The van der Waals surface area contributed by atoms with Gasteiger partial charge in [0.1, 0.15) is 12.4 Å². The molecule has 0 aromatic heterocycles. The predicted octanol–water partition coefficient (Wildman–Crippen LogP) is 1.26. The minimum atomic E-state index is -0.852. The molecule has 0 aliphatic carbocycles. The summed E-state index contributed by atoms with van der Waals surface area (Å²) in [5.74, 6) is -1.02. The Morgan fingerprint density at radius 1 is 1.33 bits per heavy atom. The molecule has 21 heavy (non-hydrogen) atoms. The Hall–Kier alpha value is -2.08. The van der Waals surface area contributed by atoms with Crippen LogP contribution in [0.5, 0.6) is 5.75 Å². The summed E-state index contributed by atoms with van der Waals surface area (Å²) < 4.78 is 10.5. The third-order valence-corrected chi connectivity index (χ3v) is 3.49. The molecule has 1 aliphatic rings. The Labute approximate surface area is 123 Å². The Morgan fingerprint density at radius 2 is 2.10 bits per heavy atom. The van der Waals surface area contributed by atoms with Crippen molar-refractivity contribution in [3.63, 3.8) is 0 Å². The van der Waals surface area contributed by atoms with Crippen molar-refractivity contribution >= 4 is 11.9 Å². The second-order valence-electron chi connectivity index (χ2n) is 4.91. The fraction of sp³-hybridized carbons (Fsp3) is 0.467. The van der Waals surface area contributed by atoms with Crippen LogP contribution in [-0.2, 0) is 9.53 Å². The number of benzene rings is 1. The molecule has 2 rings (SSSR count). The average Bonchev–Trinajstić information content (AvgIpc) is 2.97. The lowest BCUT2D eigenvalue weighted by Crippen LogP contribution is -2.30. The van der Waals surface area contributed by atoms with Crippen LogP contribution >= 0.6 is 0 Å². The minimum Gasteiger partial charge on any atom is -0.490 e. The molecule has 6 nitrogen and oxygen atoms in total. The van der Waals surface area contributed by atoms with E-state index in [1.54, 1.807) is 36.3 Å². The van der Waals surface area contributed by atoms with Crippen molar-refractivity contribution in [2.24, 2.45) is 5.92 Å². The number of carbonyl (C=O) groups is 2.